The van der Waals surface area contributed by atoms with Crippen molar-refractivity contribution >= 4 is 17.8 Å². The smallest absolute Gasteiger partial charge is 0.334 e. The number of nitrogens with zero attached hydrogens (tertiary/aromatic N) is 1. The number of rotatable bonds is 4. The number of nitrogens with one attached hydrogen (secondary N) is 1. The minimum Gasteiger partial charge on any atom is -0.479 e. The van der Waals surface area contributed by atoms with Gasteiger partial charge in [-0.15, -0.1) is 0 Å². The highest BCUT2D eigenvalue weighted by Crippen LogP contribution is 2.32. The van der Waals surface area contributed by atoms with Crippen molar-refractivity contribution in [2.45, 2.75) is 6.10 Å². The molecule has 1 unspecified atom stereocenters. The van der Waals surface area contributed by atoms with Crippen molar-refractivity contribution in [1.82, 2.24) is 10.2 Å². The lowest BCUT2D eigenvalue weighted by Crippen LogP contribution is -2.51. The fraction of sp³-hybridized carbons (Fsp3) is 0.400. The van der Waals surface area contributed by atoms with Gasteiger partial charge in [0, 0.05) is 12.1 Å². The quantitative estimate of drug-likeness (QED) is 0.759. The molecular formula is C15H16N2O7. The fourth-order valence-corrected chi connectivity index (χ4v) is 2.43. The Morgan fingerprint density at radius 3 is 2.83 bits per heavy atom. The van der Waals surface area contributed by atoms with Crippen LogP contribution in [0, 0.1) is 0 Å². The molecule has 3 rings (SSSR count). The third-order valence-corrected chi connectivity index (χ3v) is 3.73. The first-order valence-corrected chi connectivity index (χ1v) is 7.34. The highest BCUT2D eigenvalue weighted by Gasteiger charge is 2.29. The Morgan fingerprint density at radius 2 is 2.04 bits per heavy atom. The fourth-order valence-electron chi connectivity index (χ4n) is 2.43. The predicted octanol–water partition coefficient (Wildman–Crippen LogP) is -0.543. The summed E-state index contributed by atoms with van der Waals surface area (Å²) < 4.78 is 15.4. The summed E-state index contributed by atoms with van der Waals surface area (Å²) in [4.78, 5) is 36.5. The SMILES string of the molecule is O=C(NCC(=O)N1CCOC(C(=O)O)C1)c1ccc2c(c1)OCO2. The molecular weight excluding hydrogens is 320 g/mol. The van der Waals surface area contributed by atoms with Gasteiger partial charge in [-0.25, -0.2) is 4.79 Å². The van der Waals surface area contributed by atoms with Crippen molar-refractivity contribution in [2.24, 2.45) is 0 Å². The second-order valence-electron chi connectivity index (χ2n) is 5.29. The topological polar surface area (TPSA) is 114 Å². The van der Waals surface area contributed by atoms with Crippen LogP contribution in [-0.2, 0) is 14.3 Å². The van der Waals surface area contributed by atoms with Crippen LogP contribution in [0.15, 0.2) is 18.2 Å². The Bertz CT molecular complexity index is 676. The van der Waals surface area contributed by atoms with Crippen LogP contribution in [0.4, 0.5) is 0 Å². The number of carbonyl (C=O) groups is 3. The van der Waals surface area contributed by atoms with Crippen molar-refractivity contribution in [2.75, 3.05) is 33.0 Å². The normalized spacial score (nSPS) is 19.0. The van der Waals surface area contributed by atoms with Crippen LogP contribution in [0.25, 0.3) is 0 Å². The predicted molar refractivity (Wildman–Crippen MR) is 78.9 cm³/mol. The molecule has 2 amide bonds. The van der Waals surface area contributed by atoms with E-state index >= 15 is 0 Å². The number of amides is 2. The molecule has 0 aliphatic carbocycles. The number of hydrogen-bond acceptors (Lipinski definition) is 6. The van der Waals surface area contributed by atoms with Crippen molar-refractivity contribution in [3.05, 3.63) is 23.8 Å². The second kappa shape index (κ2) is 6.75. The highest BCUT2D eigenvalue weighted by atomic mass is 16.7. The lowest BCUT2D eigenvalue weighted by molar-refractivity contribution is -0.159. The number of fused-ring (bicyclic) bond motifs is 1. The molecule has 9 nitrogen and oxygen atoms in total. The summed E-state index contributed by atoms with van der Waals surface area (Å²) in [6.07, 6.45) is -1.03. The van der Waals surface area contributed by atoms with Crippen LogP contribution in [0.5, 0.6) is 11.5 Å². The molecule has 1 aromatic carbocycles. The molecule has 1 aromatic rings. The van der Waals surface area contributed by atoms with E-state index in [1.54, 1.807) is 12.1 Å². The summed E-state index contributed by atoms with van der Waals surface area (Å²) in [5, 5.41) is 11.4. The molecule has 9 heteroatoms. The summed E-state index contributed by atoms with van der Waals surface area (Å²) in [6.45, 7) is 0.301. The number of morpholine rings is 1. The number of carbonyl (C=O) groups excluding carboxylic acids is 2. The van der Waals surface area contributed by atoms with E-state index in [-0.39, 0.29) is 32.4 Å². The third-order valence-electron chi connectivity index (χ3n) is 3.73. The minimum atomic E-state index is -1.11. The van der Waals surface area contributed by atoms with Gasteiger partial charge >= 0.3 is 5.97 Å². The van der Waals surface area contributed by atoms with Crippen LogP contribution in [0.2, 0.25) is 0 Å². The molecule has 128 valence electrons. The van der Waals surface area contributed by atoms with Gasteiger partial charge in [0.25, 0.3) is 5.91 Å². The maximum atomic E-state index is 12.1. The number of carboxylic acids is 1. The van der Waals surface area contributed by atoms with Crippen molar-refractivity contribution in [3.63, 3.8) is 0 Å². The first-order valence-electron chi connectivity index (χ1n) is 7.34. The molecule has 1 fully saturated rings. The summed E-state index contributed by atoms with van der Waals surface area (Å²) in [5.41, 5.74) is 0.345. The lowest BCUT2D eigenvalue weighted by atomic mass is 10.2. The van der Waals surface area contributed by atoms with Crippen LogP contribution < -0.4 is 14.8 Å². The molecule has 0 bridgehead atoms. The standard InChI is InChI=1S/C15H16N2O7/c18-13(17-3-4-22-12(7-17)15(20)21)6-16-14(19)9-1-2-10-11(5-9)24-8-23-10/h1-2,5,12H,3-4,6-8H2,(H,16,19)(H,20,21). The number of hydrogen-bond donors (Lipinski definition) is 2. The molecule has 1 atom stereocenters. The number of aliphatic carboxylic acids is 1. The van der Waals surface area contributed by atoms with Crippen LogP contribution >= 0.6 is 0 Å². The molecule has 1 saturated heterocycles. The summed E-state index contributed by atoms with van der Waals surface area (Å²) in [7, 11) is 0. The monoisotopic (exact) mass is 336 g/mol. The zero-order valence-electron chi connectivity index (χ0n) is 12.7. The minimum absolute atomic E-state index is 0.0337. The van der Waals surface area contributed by atoms with Crippen molar-refractivity contribution < 1.29 is 33.7 Å². The van der Waals surface area contributed by atoms with Gasteiger partial charge in [0.05, 0.1) is 19.7 Å². The molecule has 0 spiro atoms. The van der Waals surface area contributed by atoms with E-state index in [0.29, 0.717) is 23.6 Å². The first kappa shape index (κ1) is 16.1. The second-order valence-corrected chi connectivity index (χ2v) is 5.29. The zero-order valence-corrected chi connectivity index (χ0v) is 12.7. The lowest BCUT2D eigenvalue weighted by Gasteiger charge is -2.30. The van der Waals surface area contributed by atoms with E-state index in [2.05, 4.69) is 5.32 Å². The molecule has 2 N–H and O–H groups in total. The molecule has 2 aliphatic rings. The largest absolute Gasteiger partial charge is 0.479 e. The third kappa shape index (κ3) is 3.40. The Morgan fingerprint density at radius 1 is 1.25 bits per heavy atom. The van der Waals surface area contributed by atoms with Crippen molar-refractivity contribution in [1.29, 1.82) is 0 Å². The van der Waals surface area contributed by atoms with Gasteiger partial charge < -0.3 is 29.5 Å². The van der Waals surface area contributed by atoms with Gasteiger partial charge in [-0.1, -0.05) is 0 Å². The van der Waals surface area contributed by atoms with Gasteiger partial charge in [0.15, 0.2) is 17.6 Å². The van der Waals surface area contributed by atoms with Gasteiger partial charge in [0.1, 0.15) is 0 Å². The molecule has 0 aromatic heterocycles. The Kier molecular flexibility index (Phi) is 4.52. The Labute approximate surface area is 137 Å². The van der Waals surface area contributed by atoms with Gasteiger partial charge in [0.2, 0.25) is 12.7 Å². The summed E-state index contributed by atoms with van der Waals surface area (Å²) in [6, 6.07) is 4.73. The van der Waals surface area contributed by atoms with E-state index in [4.69, 9.17) is 19.3 Å². The van der Waals surface area contributed by atoms with Crippen LogP contribution in [0.1, 0.15) is 10.4 Å². The van der Waals surface area contributed by atoms with Gasteiger partial charge in [-0.3, -0.25) is 9.59 Å². The molecule has 24 heavy (non-hydrogen) atoms. The summed E-state index contributed by atoms with van der Waals surface area (Å²) in [5.74, 6) is -0.859. The maximum Gasteiger partial charge on any atom is 0.334 e. The van der Waals surface area contributed by atoms with Gasteiger partial charge in [-0.2, -0.15) is 0 Å². The average molecular weight is 336 g/mol. The molecule has 0 radical (unpaired) electrons. The Balaban J connectivity index is 1.54. The van der Waals surface area contributed by atoms with Gasteiger partial charge in [-0.05, 0) is 18.2 Å². The average Bonchev–Trinajstić information content (AvgIpc) is 3.07. The van der Waals surface area contributed by atoms with E-state index in [9.17, 15) is 14.4 Å². The molecule has 2 aliphatic heterocycles. The van der Waals surface area contributed by atoms with Crippen molar-refractivity contribution in [3.8, 4) is 11.5 Å². The number of benzene rings is 1. The maximum absolute atomic E-state index is 12.1. The van der Waals surface area contributed by atoms with E-state index in [1.807, 2.05) is 0 Å². The van der Waals surface area contributed by atoms with E-state index in [1.165, 1.54) is 11.0 Å². The highest BCUT2D eigenvalue weighted by molar-refractivity contribution is 5.97. The van der Waals surface area contributed by atoms with Crippen LogP contribution in [-0.4, -0.2) is 66.9 Å². The zero-order chi connectivity index (χ0) is 17.1. The number of carboxylic acid groups (broad SMARTS) is 1. The van der Waals surface area contributed by atoms with E-state index in [0.717, 1.165) is 0 Å². The van der Waals surface area contributed by atoms with Crippen LogP contribution in [0.3, 0.4) is 0 Å². The summed E-state index contributed by atoms with van der Waals surface area (Å²) >= 11 is 0. The number of ether oxygens (including phenoxy) is 3. The van der Waals surface area contributed by atoms with E-state index < -0.39 is 18.0 Å². The Hall–Kier alpha value is -2.81. The first-order chi connectivity index (χ1) is 11.5. The molecule has 2 heterocycles. The molecule has 0 saturated carbocycles.